The van der Waals surface area contributed by atoms with Crippen molar-refractivity contribution < 1.29 is 22.4 Å². The summed E-state index contributed by atoms with van der Waals surface area (Å²) in [6.07, 6.45) is -2.84. The third-order valence-electron chi connectivity index (χ3n) is 2.48. The van der Waals surface area contributed by atoms with Crippen LogP contribution in [0, 0.1) is 5.92 Å². The minimum Gasteiger partial charge on any atom is -0.350 e. The van der Waals surface area contributed by atoms with E-state index in [1.807, 2.05) is 5.32 Å². The number of nitrogens with one attached hydrogen (secondary N) is 2. The van der Waals surface area contributed by atoms with Gasteiger partial charge in [-0.15, -0.1) is 0 Å². The van der Waals surface area contributed by atoms with Crippen molar-refractivity contribution in [2.45, 2.75) is 25.2 Å². The van der Waals surface area contributed by atoms with Gasteiger partial charge in [0, 0.05) is 6.42 Å². The minimum absolute atomic E-state index is 0.103. The van der Waals surface area contributed by atoms with Gasteiger partial charge in [0.1, 0.15) is 0 Å². The molecule has 3 nitrogen and oxygen atoms in total. The van der Waals surface area contributed by atoms with Gasteiger partial charge in [0.25, 0.3) is 0 Å². The van der Waals surface area contributed by atoms with Gasteiger partial charge in [-0.25, -0.2) is 8.78 Å². The number of alkyl halides is 4. The van der Waals surface area contributed by atoms with Gasteiger partial charge in [0.2, 0.25) is 5.91 Å². The summed E-state index contributed by atoms with van der Waals surface area (Å²) in [5, 5.41) is 4.85. The van der Waals surface area contributed by atoms with Crippen LogP contribution in [0.1, 0.15) is 12.8 Å². The molecule has 0 spiro atoms. The van der Waals surface area contributed by atoms with Gasteiger partial charge in [0.05, 0.1) is 6.54 Å². The van der Waals surface area contributed by atoms with Crippen LogP contribution in [0.4, 0.5) is 17.6 Å². The van der Waals surface area contributed by atoms with Crippen LogP contribution in [0.2, 0.25) is 0 Å². The van der Waals surface area contributed by atoms with Crippen molar-refractivity contribution in [2.75, 3.05) is 19.6 Å². The number of rotatable bonds is 5. The lowest BCUT2D eigenvalue weighted by Crippen LogP contribution is -2.41. The summed E-state index contributed by atoms with van der Waals surface area (Å²) in [6, 6.07) is 0. The largest absolute Gasteiger partial charge is 0.350 e. The van der Waals surface area contributed by atoms with E-state index < -0.39 is 24.8 Å². The van der Waals surface area contributed by atoms with Gasteiger partial charge in [-0.1, -0.05) is 0 Å². The van der Waals surface area contributed by atoms with E-state index in [-0.39, 0.29) is 12.3 Å². The number of hydrogen-bond donors (Lipinski definition) is 2. The third-order valence-corrected chi connectivity index (χ3v) is 2.48. The summed E-state index contributed by atoms with van der Waals surface area (Å²) in [5.74, 6) is -4.64. The molecule has 1 saturated heterocycles. The average molecular weight is 242 g/mol. The second-order valence-corrected chi connectivity index (χ2v) is 3.90. The Balaban J connectivity index is 2.24. The molecule has 0 aromatic rings. The molecular formula is C9H14F4N2O. The number of carbonyl (C=O) groups excluding carboxylic acids is 1. The SMILES string of the molecule is O=C(CC1CCNC1)NCC(F)(F)C(F)F. The average Bonchev–Trinajstić information content (AvgIpc) is 2.67. The molecule has 16 heavy (non-hydrogen) atoms. The van der Waals surface area contributed by atoms with E-state index in [1.54, 1.807) is 0 Å². The zero-order valence-corrected chi connectivity index (χ0v) is 8.61. The number of hydrogen-bond acceptors (Lipinski definition) is 2. The molecule has 1 heterocycles. The molecule has 0 saturated carbocycles. The van der Waals surface area contributed by atoms with E-state index in [1.165, 1.54) is 0 Å². The molecule has 0 radical (unpaired) electrons. The molecule has 1 fully saturated rings. The zero-order valence-electron chi connectivity index (χ0n) is 8.61. The number of amides is 1. The van der Waals surface area contributed by atoms with Crippen molar-refractivity contribution in [3.05, 3.63) is 0 Å². The predicted molar refractivity (Wildman–Crippen MR) is 49.6 cm³/mol. The summed E-state index contributed by atoms with van der Waals surface area (Å²) < 4.78 is 48.4. The first kappa shape index (κ1) is 13.2. The van der Waals surface area contributed by atoms with Gasteiger partial charge >= 0.3 is 12.3 Å². The van der Waals surface area contributed by atoms with E-state index in [2.05, 4.69) is 5.32 Å². The van der Waals surface area contributed by atoms with Gasteiger partial charge in [-0.05, 0) is 25.4 Å². The van der Waals surface area contributed by atoms with Crippen LogP contribution in [0.15, 0.2) is 0 Å². The molecule has 7 heteroatoms. The van der Waals surface area contributed by atoms with Crippen LogP contribution in [0.5, 0.6) is 0 Å². The molecule has 0 aromatic heterocycles. The van der Waals surface area contributed by atoms with E-state index >= 15 is 0 Å². The Morgan fingerprint density at radius 1 is 1.50 bits per heavy atom. The lowest BCUT2D eigenvalue weighted by atomic mass is 10.0. The van der Waals surface area contributed by atoms with E-state index in [0.29, 0.717) is 6.54 Å². The van der Waals surface area contributed by atoms with E-state index in [0.717, 1.165) is 13.0 Å². The maximum Gasteiger partial charge on any atom is 0.324 e. The van der Waals surface area contributed by atoms with E-state index in [4.69, 9.17) is 0 Å². The van der Waals surface area contributed by atoms with Crippen LogP contribution < -0.4 is 10.6 Å². The predicted octanol–water partition coefficient (Wildman–Crippen LogP) is 1.00. The Morgan fingerprint density at radius 3 is 2.69 bits per heavy atom. The van der Waals surface area contributed by atoms with E-state index in [9.17, 15) is 22.4 Å². The highest BCUT2D eigenvalue weighted by atomic mass is 19.3. The first-order valence-electron chi connectivity index (χ1n) is 5.05. The van der Waals surface area contributed by atoms with Crippen LogP contribution in [-0.2, 0) is 4.79 Å². The second kappa shape index (κ2) is 5.47. The van der Waals surface area contributed by atoms with Gasteiger partial charge in [-0.2, -0.15) is 8.78 Å². The first-order valence-corrected chi connectivity index (χ1v) is 5.05. The topological polar surface area (TPSA) is 41.1 Å². The van der Waals surface area contributed by atoms with Crippen molar-refractivity contribution in [2.24, 2.45) is 5.92 Å². The molecule has 1 unspecified atom stereocenters. The van der Waals surface area contributed by atoms with Gasteiger partial charge in [-0.3, -0.25) is 4.79 Å². The summed E-state index contributed by atoms with van der Waals surface area (Å²) in [6.45, 7) is 0.160. The first-order chi connectivity index (χ1) is 7.42. The zero-order chi connectivity index (χ0) is 12.2. The molecule has 0 aromatic carbocycles. The molecule has 2 N–H and O–H groups in total. The van der Waals surface area contributed by atoms with Crippen molar-refractivity contribution in [1.82, 2.24) is 10.6 Å². The van der Waals surface area contributed by atoms with Crippen molar-refractivity contribution >= 4 is 5.91 Å². The molecule has 94 valence electrons. The Kier molecular flexibility index (Phi) is 4.52. The quantitative estimate of drug-likeness (QED) is 0.706. The smallest absolute Gasteiger partial charge is 0.324 e. The highest BCUT2D eigenvalue weighted by Crippen LogP contribution is 2.21. The van der Waals surface area contributed by atoms with Crippen LogP contribution in [0.3, 0.4) is 0 Å². The van der Waals surface area contributed by atoms with Crippen molar-refractivity contribution in [3.8, 4) is 0 Å². The fourth-order valence-corrected chi connectivity index (χ4v) is 1.52. The molecule has 1 aliphatic heterocycles. The molecule has 0 bridgehead atoms. The van der Waals surface area contributed by atoms with Crippen LogP contribution >= 0.6 is 0 Å². The van der Waals surface area contributed by atoms with Gasteiger partial charge in [0.15, 0.2) is 0 Å². The van der Waals surface area contributed by atoms with Crippen molar-refractivity contribution in [1.29, 1.82) is 0 Å². The third kappa shape index (κ3) is 3.96. The standard InChI is InChI=1S/C9H14F4N2O/c10-8(11)9(12,13)5-15-7(16)3-6-1-2-14-4-6/h6,8,14H,1-5H2,(H,15,16). The molecule has 1 aliphatic rings. The minimum atomic E-state index is -4.15. The summed E-state index contributed by atoms with van der Waals surface area (Å²) in [5.41, 5.74) is 0. The Labute approximate surface area is 90.6 Å². The summed E-state index contributed by atoms with van der Waals surface area (Å²) in [4.78, 5) is 11.2. The molecule has 1 rings (SSSR count). The maximum absolute atomic E-state index is 12.4. The normalized spacial score (nSPS) is 21.4. The monoisotopic (exact) mass is 242 g/mol. The molecular weight excluding hydrogens is 228 g/mol. The highest BCUT2D eigenvalue weighted by Gasteiger charge is 2.40. The fraction of sp³-hybridized carbons (Fsp3) is 0.889. The second-order valence-electron chi connectivity index (χ2n) is 3.90. The van der Waals surface area contributed by atoms with Crippen LogP contribution in [0.25, 0.3) is 0 Å². The van der Waals surface area contributed by atoms with Gasteiger partial charge < -0.3 is 10.6 Å². The van der Waals surface area contributed by atoms with Crippen LogP contribution in [-0.4, -0.2) is 37.9 Å². The maximum atomic E-state index is 12.4. The lowest BCUT2D eigenvalue weighted by Gasteiger charge is -2.16. The Bertz CT molecular complexity index is 242. The Hall–Kier alpha value is -0.850. The fourth-order valence-electron chi connectivity index (χ4n) is 1.52. The highest BCUT2D eigenvalue weighted by molar-refractivity contribution is 5.76. The molecule has 1 amide bonds. The number of halogens is 4. The summed E-state index contributed by atoms with van der Waals surface area (Å²) >= 11 is 0. The molecule has 0 aliphatic carbocycles. The molecule has 1 atom stereocenters. The lowest BCUT2D eigenvalue weighted by molar-refractivity contribution is -0.136. The Morgan fingerprint density at radius 2 is 2.19 bits per heavy atom. The summed E-state index contributed by atoms with van der Waals surface area (Å²) in [7, 11) is 0. The van der Waals surface area contributed by atoms with Crippen molar-refractivity contribution in [3.63, 3.8) is 0 Å². The number of carbonyl (C=O) groups is 1.